The Balaban J connectivity index is 1.47. The highest BCUT2D eigenvalue weighted by Crippen LogP contribution is 2.28. The molecular weight excluding hydrogens is 424 g/mol. The lowest BCUT2D eigenvalue weighted by atomic mass is 10.0. The van der Waals surface area contributed by atoms with E-state index in [1.165, 1.54) is 5.56 Å². The molecule has 3 amide bonds. The second-order valence-corrected chi connectivity index (χ2v) is 8.95. The van der Waals surface area contributed by atoms with Crippen molar-refractivity contribution in [3.63, 3.8) is 0 Å². The fraction of sp³-hybridized carbons (Fsp3) is 0.286. The number of benzene rings is 3. The van der Waals surface area contributed by atoms with Crippen LogP contribution in [0.4, 0.5) is 21.9 Å². The lowest BCUT2D eigenvalue weighted by Crippen LogP contribution is -2.27. The molecule has 176 valence electrons. The molecular formula is C28H32N4O2. The summed E-state index contributed by atoms with van der Waals surface area (Å²) in [6.07, 6.45) is 2.23. The van der Waals surface area contributed by atoms with Crippen LogP contribution in [0.2, 0.25) is 0 Å². The molecule has 1 aliphatic heterocycles. The summed E-state index contributed by atoms with van der Waals surface area (Å²) in [5.74, 6) is 0.280. The molecule has 1 fully saturated rings. The number of hydrogen-bond acceptors (Lipinski definition) is 3. The first-order chi connectivity index (χ1) is 16.5. The maximum atomic E-state index is 13.1. The second-order valence-electron chi connectivity index (χ2n) is 8.95. The minimum Gasteiger partial charge on any atom is -0.371 e. The zero-order chi connectivity index (χ0) is 23.9. The molecule has 0 atom stereocenters. The third kappa shape index (κ3) is 5.95. The fourth-order valence-electron chi connectivity index (χ4n) is 4.15. The average Bonchev–Trinajstić information content (AvgIpc) is 3.38. The Morgan fingerprint density at radius 2 is 1.50 bits per heavy atom. The molecule has 6 heteroatoms. The van der Waals surface area contributed by atoms with Crippen LogP contribution in [0, 0.1) is 0 Å². The summed E-state index contributed by atoms with van der Waals surface area (Å²) >= 11 is 0. The fourth-order valence-corrected chi connectivity index (χ4v) is 4.15. The number of urea groups is 1. The smallest absolute Gasteiger partial charge is 0.323 e. The van der Waals surface area contributed by atoms with Crippen LogP contribution in [0.1, 0.15) is 54.1 Å². The predicted octanol–water partition coefficient (Wildman–Crippen LogP) is 5.98. The van der Waals surface area contributed by atoms with Gasteiger partial charge in [0.1, 0.15) is 0 Å². The first-order valence-corrected chi connectivity index (χ1v) is 11.9. The molecule has 1 heterocycles. The Kier molecular flexibility index (Phi) is 7.48. The highest BCUT2D eigenvalue weighted by molar-refractivity contribution is 6.04. The Morgan fingerprint density at radius 1 is 0.853 bits per heavy atom. The molecule has 1 saturated heterocycles. The number of carbonyl (C=O) groups is 2. The normalized spacial score (nSPS) is 13.1. The van der Waals surface area contributed by atoms with Gasteiger partial charge in [-0.25, -0.2) is 4.79 Å². The van der Waals surface area contributed by atoms with E-state index in [4.69, 9.17) is 0 Å². The zero-order valence-corrected chi connectivity index (χ0v) is 19.8. The monoisotopic (exact) mass is 456 g/mol. The van der Waals surface area contributed by atoms with Crippen molar-refractivity contribution in [3.8, 4) is 0 Å². The van der Waals surface area contributed by atoms with E-state index >= 15 is 0 Å². The minimum atomic E-state index is -0.345. The van der Waals surface area contributed by atoms with Gasteiger partial charge in [0.15, 0.2) is 0 Å². The number of nitrogens with zero attached hydrogens (tertiary/aromatic N) is 1. The Hall–Kier alpha value is -3.80. The average molecular weight is 457 g/mol. The van der Waals surface area contributed by atoms with Crippen LogP contribution in [-0.2, 0) is 6.54 Å². The number of nitrogens with one attached hydrogen (secondary N) is 3. The summed E-state index contributed by atoms with van der Waals surface area (Å²) in [5, 5.41) is 8.75. The van der Waals surface area contributed by atoms with Crippen molar-refractivity contribution in [3.05, 3.63) is 89.5 Å². The first-order valence-electron chi connectivity index (χ1n) is 11.9. The van der Waals surface area contributed by atoms with Crippen LogP contribution in [0.15, 0.2) is 72.8 Å². The summed E-state index contributed by atoms with van der Waals surface area (Å²) < 4.78 is 0. The largest absolute Gasteiger partial charge is 0.371 e. The second kappa shape index (κ2) is 10.9. The first kappa shape index (κ1) is 23.4. The quantitative estimate of drug-likeness (QED) is 0.409. The van der Waals surface area contributed by atoms with Gasteiger partial charge in [0, 0.05) is 36.7 Å². The van der Waals surface area contributed by atoms with Gasteiger partial charge in [-0.15, -0.1) is 0 Å². The van der Waals surface area contributed by atoms with Crippen LogP contribution < -0.4 is 20.9 Å². The summed E-state index contributed by atoms with van der Waals surface area (Å²) in [7, 11) is 0. The van der Waals surface area contributed by atoms with Gasteiger partial charge >= 0.3 is 6.03 Å². The van der Waals surface area contributed by atoms with Gasteiger partial charge in [0.25, 0.3) is 5.91 Å². The van der Waals surface area contributed by atoms with Crippen LogP contribution in [0.3, 0.4) is 0 Å². The molecule has 0 unspecified atom stereocenters. The number of carbonyl (C=O) groups excluding carboxylic acids is 2. The summed E-state index contributed by atoms with van der Waals surface area (Å²) in [5.41, 5.74) is 5.01. The maximum absolute atomic E-state index is 13.1. The molecule has 6 nitrogen and oxygen atoms in total. The third-order valence-electron chi connectivity index (χ3n) is 6.08. The summed E-state index contributed by atoms with van der Waals surface area (Å²) in [6.45, 7) is 6.57. The van der Waals surface area contributed by atoms with Gasteiger partial charge in [0.05, 0.1) is 5.56 Å². The Morgan fingerprint density at radius 3 is 2.18 bits per heavy atom. The lowest BCUT2D eigenvalue weighted by molar-refractivity contribution is 0.0951. The number of rotatable bonds is 7. The van der Waals surface area contributed by atoms with Crippen molar-refractivity contribution in [2.75, 3.05) is 28.6 Å². The van der Waals surface area contributed by atoms with Crippen molar-refractivity contribution in [2.24, 2.45) is 0 Å². The van der Waals surface area contributed by atoms with E-state index in [9.17, 15) is 9.59 Å². The topological polar surface area (TPSA) is 73.5 Å². The van der Waals surface area contributed by atoms with E-state index in [1.807, 2.05) is 66.7 Å². The van der Waals surface area contributed by atoms with E-state index in [-0.39, 0.29) is 11.9 Å². The van der Waals surface area contributed by atoms with Crippen molar-refractivity contribution >= 4 is 29.0 Å². The van der Waals surface area contributed by atoms with Gasteiger partial charge in [-0.2, -0.15) is 0 Å². The molecule has 0 spiro atoms. The third-order valence-corrected chi connectivity index (χ3v) is 6.08. The van der Waals surface area contributed by atoms with Gasteiger partial charge in [-0.05, 0) is 60.2 Å². The number of amides is 3. The lowest BCUT2D eigenvalue weighted by Gasteiger charge is -2.22. The molecule has 34 heavy (non-hydrogen) atoms. The van der Waals surface area contributed by atoms with Crippen LogP contribution in [-0.4, -0.2) is 25.0 Å². The molecule has 1 aliphatic rings. The molecule has 0 saturated carbocycles. The number of anilines is 3. The molecule has 0 aliphatic carbocycles. The highest BCUT2D eigenvalue weighted by Gasteiger charge is 2.20. The standard InChI is InChI=1S/C28H32N4O2/c1-20(2)22-10-12-23(13-11-22)30-28(34)31-24-14-15-26(32-16-6-7-17-32)25(18-24)27(33)29-19-21-8-4-3-5-9-21/h3-5,8-15,18,20H,6-7,16-17,19H2,1-2H3,(H,29,33)(H2,30,31,34). The minimum absolute atomic E-state index is 0.154. The van der Waals surface area contributed by atoms with E-state index in [0.29, 0.717) is 23.7 Å². The molecule has 0 aromatic heterocycles. The van der Waals surface area contributed by atoms with E-state index < -0.39 is 0 Å². The SMILES string of the molecule is CC(C)c1ccc(NC(=O)Nc2ccc(N3CCCC3)c(C(=O)NCc3ccccc3)c2)cc1. The Labute approximate surface area is 201 Å². The van der Waals surface area contributed by atoms with Crippen molar-refractivity contribution < 1.29 is 9.59 Å². The molecule has 0 bridgehead atoms. The van der Waals surface area contributed by atoms with Gasteiger partial charge in [0.2, 0.25) is 0 Å². The molecule has 3 aromatic rings. The summed E-state index contributed by atoms with van der Waals surface area (Å²) in [4.78, 5) is 28.0. The van der Waals surface area contributed by atoms with Gasteiger partial charge in [-0.1, -0.05) is 56.3 Å². The van der Waals surface area contributed by atoms with Gasteiger partial charge in [-0.3, -0.25) is 4.79 Å². The van der Waals surface area contributed by atoms with Gasteiger partial charge < -0.3 is 20.9 Å². The molecule has 0 radical (unpaired) electrons. The predicted molar refractivity (Wildman–Crippen MR) is 139 cm³/mol. The van der Waals surface area contributed by atoms with E-state index in [0.717, 1.165) is 42.9 Å². The van der Waals surface area contributed by atoms with Crippen LogP contribution in [0.25, 0.3) is 0 Å². The van der Waals surface area contributed by atoms with E-state index in [2.05, 4.69) is 34.7 Å². The maximum Gasteiger partial charge on any atom is 0.323 e. The van der Waals surface area contributed by atoms with Crippen molar-refractivity contribution in [2.45, 2.75) is 39.2 Å². The Bertz CT molecular complexity index is 1120. The van der Waals surface area contributed by atoms with E-state index in [1.54, 1.807) is 6.07 Å². The highest BCUT2D eigenvalue weighted by atomic mass is 16.2. The summed E-state index contributed by atoms with van der Waals surface area (Å²) in [6, 6.07) is 22.8. The van der Waals surface area contributed by atoms with Crippen molar-refractivity contribution in [1.29, 1.82) is 0 Å². The molecule has 3 aromatic carbocycles. The zero-order valence-electron chi connectivity index (χ0n) is 19.8. The molecule has 3 N–H and O–H groups in total. The number of hydrogen-bond donors (Lipinski definition) is 3. The van der Waals surface area contributed by atoms with Crippen LogP contribution in [0.5, 0.6) is 0 Å². The van der Waals surface area contributed by atoms with Crippen molar-refractivity contribution in [1.82, 2.24) is 5.32 Å². The van der Waals surface area contributed by atoms with Crippen LogP contribution >= 0.6 is 0 Å². The molecule has 4 rings (SSSR count).